The molecule has 3 N–H and O–H groups in total. The zero-order valence-electron chi connectivity index (χ0n) is 15.0. The number of nitrogens with one attached hydrogen (secondary N) is 3. The number of aliphatic imine (C=N–C) groups is 1. The lowest BCUT2D eigenvalue weighted by molar-refractivity contribution is 0.464. The molecule has 0 aliphatic carbocycles. The predicted octanol–water partition coefficient (Wildman–Crippen LogP) is 3.44. The fourth-order valence-corrected chi connectivity index (χ4v) is 2.67. The molecule has 0 fully saturated rings. The Labute approximate surface area is 168 Å². The third-order valence-electron chi connectivity index (χ3n) is 4.12. The molecule has 0 aliphatic heterocycles. The molecule has 0 saturated heterocycles. The van der Waals surface area contributed by atoms with Gasteiger partial charge in [-0.25, -0.2) is 9.37 Å². The van der Waals surface area contributed by atoms with Gasteiger partial charge in [0.25, 0.3) is 0 Å². The third kappa shape index (κ3) is 4.75. The Morgan fingerprint density at radius 3 is 2.81 bits per heavy atom. The molecule has 3 rings (SSSR count). The van der Waals surface area contributed by atoms with E-state index < -0.39 is 0 Å². The number of oxazole rings is 1. The fraction of sp³-hybridized carbons (Fsp3) is 0.333. The quantitative estimate of drug-likeness (QED) is 0.303. The molecule has 3 aromatic rings. The van der Waals surface area contributed by atoms with Crippen LogP contribution in [0, 0.1) is 19.7 Å². The second-order valence-electron chi connectivity index (χ2n) is 5.86. The van der Waals surface area contributed by atoms with Crippen LogP contribution in [0.15, 0.2) is 33.8 Å². The summed E-state index contributed by atoms with van der Waals surface area (Å²) >= 11 is 0. The number of hydrogen-bond acceptors (Lipinski definition) is 3. The molecule has 2 aromatic heterocycles. The molecule has 0 unspecified atom stereocenters. The van der Waals surface area contributed by atoms with Crippen molar-refractivity contribution in [2.75, 3.05) is 13.6 Å². The highest BCUT2D eigenvalue weighted by Crippen LogP contribution is 2.19. The molecule has 0 aliphatic rings. The number of fused-ring (bicyclic) bond motifs is 1. The van der Waals surface area contributed by atoms with Gasteiger partial charge in [-0.05, 0) is 44.0 Å². The number of aromatic amines is 1. The summed E-state index contributed by atoms with van der Waals surface area (Å²) in [5, 5.41) is 7.32. The van der Waals surface area contributed by atoms with Crippen LogP contribution in [-0.2, 0) is 13.0 Å². The van der Waals surface area contributed by atoms with Crippen molar-refractivity contribution >= 4 is 40.8 Å². The second kappa shape index (κ2) is 9.02. The number of aryl methyl sites for hydroxylation is 2. The first kappa shape index (κ1) is 20.2. The normalized spacial score (nSPS) is 11.5. The summed E-state index contributed by atoms with van der Waals surface area (Å²) in [5.74, 6) is 1.89. The van der Waals surface area contributed by atoms with Crippen molar-refractivity contribution in [1.29, 1.82) is 0 Å². The van der Waals surface area contributed by atoms with Crippen LogP contribution < -0.4 is 10.6 Å². The summed E-state index contributed by atoms with van der Waals surface area (Å²) in [5.41, 5.74) is 2.90. The SMILES string of the molecule is CN=C(NCCc1c[nH]c2ccc(F)cc12)NCc1nc(C)c(C)o1.I. The summed E-state index contributed by atoms with van der Waals surface area (Å²) < 4.78 is 19.0. The molecular weight excluding hydrogens is 448 g/mol. The number of nitrogens with zero attached hydrogens (tertiary/aromatic N) is 2. The Morgan fingerprint density at radius 2 is 2.12 bits per heavy atom. The van der Waals surface area contributed by atoms with Crippen molar-refractivity contribution in [1.82, 2.24) is 20.6 Å². The zero-order chi connectivity index (χ0) is 17.8. The lowest BCUT2D eigenvalue weighted by Gasteiger charge is -2.10. The van der Waals surface area contributed by atoms with Gasteiger partial charge in [0.05, 0.1) is 12.2 Å². The van der Waals surface area contributed by atoms with E-state index in [1.807, 2.05) is 20.0 Å². The number of rotatable bonds is 5. The maximum Gasteiger partial charge on any atom is 0.214 e. The average molecular weight is 471 g/mol. The number of H-pyrrole nitrogens is 1. The minimum absolute atomic E-state index is 0. The fourth-order valence-electron chi connectivity index (χ4n) is 2.67. The molecule has 140 valence electrons. The van der Waals surface area contributed by atoms with Gasteiger partial charge < -0.3 is 20.0 Å². The Balaban J connectivity index is 0.00000243. The minimum Gasteiger partial charge on any atom is -0.444 e. The van der Waals surface area contributed by atoms with Gasteiger partial charge in [-0.2, -0.15) is 0 Å². The first-order valence-corrected chi connectivity index (χ1v) is 8.19. The molecule has 0 radical (unpaired) electrons. The Bertz CT molecular complexity index is 883. The maximum absolute atomic E-state index is 13.4. The summed E-state index contributed by atoms with van der Waals surface area (Å²) in [4.78, 5) is 11.7. The monoisotopic (exact) mass is 471 g/mol. The summed E-state index contributed by atoms with van der Waals surface area (Å²) in [6.07, 6.45) is 2.67. The number of guanidine groups is 1. The van der Waals surface area contributed by atoms with Gasteiger partial charge in [-0.1, -0.05) is 0 Å². The average Bonchev–Trinajstić information content (AvgIpc) is 3.14. The van der Waals surface area contributed by atoms with E-state index in [2.05, 4.69) is 25.6 Å². The van der Waals surface area contributed by atoms with E-state index in [9.17, 15) is 4.39 Å². The van der Waals surface area contributed by atoms with Crippen LogP contribution in [0.25, 0.3) is 10.9 Å². The molecule has 0 saturated carbocycles. The van der Waals surface area contributed by atoms with Crippen molar-refractivity contribution in [3.05, 3.63) is 53.1 Å². The van der Waals surface area contributed by atoms with Crippen molar-refractivity contribution < 1.29 is 8.81 Å². The Morgan fingerprint density at radius 1 is 1.31 bits per heavy atom. The van der Waals surface area contributed by atoms with Gasteiger partial charge in [0.1, 0.15) is 11.6 Å². The Kier molecular flexibility index (Phi) is 7.01. The van der Waals surface area contributed by atoms with E-state index in [1.54, 1.807) is 19.2 Å². The van der Waals surface area contributed by atoms with Crippen LogP contribution in [0.3, 0.4) is 0 Å². The first-order chi connectivity index (χ1) is 12.1. The van der Waals surface area contributed by atoms with E-state index in [-0.39, 0.29) is 29.8 Å². The van der Waals surface area contributed by atoms with Gasteiger partial charge in [0.2, 0.25) is 5.89 Å². The van der Waals surface area contributed by atoms with Crippen molar-refractivity contribution in [3.63, 3.8) is 0 Å². The van der Waals surface area contributed by atoms with Gasteiger partial charge in [-0.15, -0.1) is 24.0 Å². The third-order valence-corrected chi connectivity index (χ3v) is 4.12. The number of aromatic nitrogens is 2. The van der Waals surface area contributed by atoms with Crippen LogP contribution in [0.4, 0.5) is 4.39 Å². The van der Waals surface area contributed by atoms with E-state index in [4.69, 9.17) is 4.42 Å². The molecule has 26 heavy (non-hydrogen) atoms. The summed E-state index contributed by atoms with van der Waals surface area (Å²) in [6.45, 7) is 4.95. The highest BCUT2D eigenvalue weighted by molar-refractivity contribution is 14.0. The van der Waals surface area contributed by atoms with E-state index in [0.717, 1.165) is 34.3 Å². The number of halogens is 2. The van der Waals surface area contributed by atoms with Crippen LogP contribution in [-0.4, -0.2) is 29.5 Å². The van der Waals surface area contributed by atoms with Crippen LogP contribution in [0.5, 0.6) is 0 Å². The van der Waals surface area contributed by atoms with Crippen molar-refractivity contribution in [2.45, 2.75) is 26.8 Å². The van der Waals surface area contributed by atoms with E-state index in [0.29, 0.717) is 24.9 Å². The maximum atomic E-state index is 13.4. The van der Waals surface area contributed by atoms with Crippen molar-refractivity contribution in [3.8, 4) is 0 Å². The lowest BCUT2D eigenvalue weighted by atomic mass is 10.1. The van der Waals surface area contributed by atoms with Gasteiger partial charge >= 0.3 is 0 Å². The Hall–Kier alpha value is -2.10. The topological polar surface area (TPSA) is 78.2 Å². The van der Waals surface area contributed by atoms with Gasteiger partial charge in [0.15, 0.2) is 5.96 Å². The van der Waals surface area contributed by atoms with E-state index >= 15 is 0 Å². The van der Waals surface area contributed by atoms with Crippen LogP contribution >= 0.6 is 24.0 Å². The standard InChI is InChI=1S/C18H22FN5O.HI/c1-11-12(2)25-17(24-11)10-23-18(20-3)21-7-6-13-9-22-16-5-4-14(19)8-15(13)16;/h4-5,8-9,22H,6-7,10H2,1-3H3,(H2,20,21,23);1H. The summed E-state index contributed by atoms with van der Waals surface area (Å²) in [6, 6.07) is 4.77. The molecule has 8 heteroatoms. The highest BCUT2D eigenvalue weighted by Gasteiger charge is 2.08. The molecule has 0 atom stereocenters. The largest absolute Gasteiger partial charge is 0.444 e. The molecule has 2 heterocycles. The molecule has 1 aromatic carbocycles. The summed E-state index contributed by atoms with van der Waals surface area (Å²) in [7, 11) is 1.71. The van der Waals surface area contributed by atoms with Crippen LogP contribution in [0.2, 0.25) is 0 Å². The molecule has 0 spiro atoms. The second-order valence-corrected chi connectivity index (χ2v) is 5.86. The van der Waals surface area contributed by atoms with E-state index in [1.165, 1.54) is 6.07 Å². The lowest BCUT2D eigenvalue weighted by Crippen LogP contribution is -2.37. The first-order valence-electron chi connectivity index (χ1n) is 8.19. The smallest absolute Gasteiger partial charge is 0.214 e. The predicted molar refractivity (Wildman–Crippen MR) is 112 cm³/mol. The molecule has 0 amide bonds. The minimum atomic E-state index is -0.227. The van der Waals surface area contributed by atoms with Gasteiger partial charge in [-0.3, -0.25) is 4.99 Å². The van der Waals surface area contributed by atoms with Crippen LogP contribution in [0.1, 0.15) is 22.9 Å². The molecule has 0 bridgehead atoms. The van der Waals surface area contributed by atoms with Gasteiger partial charge in [0, 0.05) is 30.7 Å². The number of benzene rings is 1. The zero-order valence-corrected chi connectivity index (χ0v) is 17.3. The highest BCUT2D eigenvalue weighted by atomic mass is 127. The molecule has 6 nitrogen and oxygen atoms in total. The van der Waals surface area contributed by atoms with Crippen molar-refractivity contribution in [2.24, 2.45) is 4.99 Å². The molecular formula is C18H23FIN5O. The number of hydrogen-bond donors (Lipinski definition) is 3.